The Labute approximate surface area is 113 Å². The van der Waals surface area contributed by atoms with E-state index in [1.165, 1.54) is 0 Å². The van der Waals surface area contributed by atoms with E-state index in [1.54, 1.807) is 17.1 Å². The first kappa shape index (κ1) is 13.5. The number of hydrogen-bond donors (Lipinski definition) is 1. The molecule has 4 nitrogen and oxygen atoms in total. The van der Waals surface area contributed by atoms with Crippen molar-refractivity contribution in [3.63, 3.8) is 0 Å². The van der Waals surface area contributed by atoms with E-state index in [1.807, 2.05) is 30.3 Å². The van der Waals surface area contributed by atoms with Crippen molar-refractivity contribution in [1.82, 2.24) is 9.78 Å². The Balaban J connectivity index is 2.02. The van der Waals surface area contributed by atoms with Crippen LogP contribution < -0.4 is 5.73 Å². The maximum Gasteiger partial charge on any atom is 0.182 e. The number of benzene rings is 1. The Bertz CT molecular complexity index is 533. The molecule has 0 saturated heterocycles. The highest BCUT2D eigenvalue weighted by Gasteiger charge is 2.17. The lowest BCUT2D eigenvalue weighted by Gasteiger charge is -2.09. The summed E-state index contributed by atoms with van der Waals surface area (Å²) in [5, 5.41) is 4.16. The van der Waals surface area contributed by atoms with Crippen LogP contribution in [0.4, 0.5) is 0 Å². The standard InChI is InChI=1S/C15H19N3O/c1-2-8-18-11-13(10-17-18)15(19)14(16)9-12-6-4-3-5-7-12/h3-7,10-11,14H,2,8-9,16H2,1H3. The van der Waals surface area contributed by atoms with Crippen LogP contribution in [0.3, 0.4) is 0 Å². The summed E-state index contributed by atoms with van der Waals surface area (Å²) >= 11 is 0. The van der Waals surface area contributed by atoms with Crippen molar-refractivity contribution in [2.24, 2.45) is 5.73 Å². The van der Waals surface area contributed by atoms with Crippen LogP contribution in [0.5, 0.6) is 0 Å². The summed E-state index contributed by atoms with van der Waals surface area (Å²) in [4.78, 5) is 12.2. The van der Waals surface area contributed by atoms with Gasteiger partial charge in [-0.1, -0.05) is 37.3 Å². The predicted molar refractivity (Wildman–Crippen MR) is 75.0 cm³/mol. The first-order chi connectivity index (χ1) is 9.20. The van der Waals surface area contributed by atoms with Crippen LogP contribution in [-0.2, 0) is 13.0 Å². The molecular formula is C15H19N3O. The minimum atomic E-state index is -0.512. The quantitative estimate of drug-likeness (QED) is 0.806. The van der Waals surface area contributed by atoms with Gasteiger partial charge in [-0.2, -0.15) is 5.10 Å². The summed E-state index contributed by atoms with van der Waals surface area (Å²) in [5.74, 6) is -0.0498. The molecular weight excluding hydrogens is 238 g/mol. The number of carbonyl (C=O) groups is 1. The molecule has 0 fully saturated rings. The predicted octanol–water partition coefficient (Wildman–Crippen LogP) is 2.05. The fourth-order valence-electron chi connectivity index (χ4n) is 2.02. The fourth-order valence-corrected chi connectivity index (χ4v) is 2.02. The number of aryl methyl sites for hydroxylation is 1. The van der Waals surface area contributed by atoms with E-state index in [9.17, 15) is 4.79 Å². The van der Waals surface area contributed by atoms with Crippen molar-refractivity contribution < 1.29 is 4.79 Å². The summed E-state index contributed by atoms with van der Waals surface area (Å²) < 4.78 is 1.78. The van der Waals surface area contributed by atoms with Gasteiger partial charge in [0, 0.05) is 12.7 Å². The van der Waals surface area contributed by atoms with Gasteiger partial charge in [0.1, 0.15) is 0 Å². The Morgan fingerprint density at radius 3 is 2.79 bits per heavy atom. The molecule has 0 aliphatic carbocycles. The molecule has 2 rings (SSSR count). The van der Waals surface area contributed by atoms with Crippen LogP contribution in [0.2, 0.25) is 0 Å². The Kier molecular flexibility index (Phi) is 4.47. The normalized spacial score (nSPS) is 12.3. The summed E-state index contributed by atoms with van der Waals surface area (Å²) in [5.41, 5.74) is 7.65. The van der Waals surface area contributed by atoms with Crippen molar-refractivity contribution >= 4 is 5.78 Å². The monoisotopic (exact) mass is 257 g/mol. The molecule has 0 bridgehead atoms. The number of ketones is 1. The van der Waals surface area contributed by atoms with E-state index in [4.69, 9.17) is 5.73 Å². The minimum Gasteiger partial charge on any atom is -0.321 e. The van der Waals surface area contributed by atoms with Gasteiger partial charge in [-0.15, -0.1) is 0 Å². The highest BCUT2D eigenvalue weighted by molar-refractivity contribution is 5.99. The topological polar surface area (TPSA) is 60.9 Å². The smallest absolute Gasteiger partial charge is 0.182 e. The fraction of sp³-hybridized carbons (Fsp3) is 0.333. The minimum absolute atomic E-state index is 0.0498. The largest absolute Gasteiger partial charge is 0.321 e. The van der Waals surface area contributed by atoms with Crippen LogP contribution in [0.15, 0.2) is 42.7 Å². The van der Waals surface area contributed by atoms with E-state index in [0.29, 0.717) is 12.0 Å². The molecule has 1 aromatic carbocycles. The number of carbonyl (C=O) groups excluding carboxylic acids is 1. The van der Waals surface area contributed by atoms with Crippen LogP contribution >= 0.6 is 0 Å². The van der Waals surface area contributed by atoms with Crippen LogP contribution in [0, 0.1) is 0 Å². The van der Waals surface area contributed by atoms with E-state index in [2.05, 4.69) is 12.0 Å². The lowest BCUT2D eigenvalue weighted by atomic mass is 10.0. The lowest BCUT2D eigenvalue weighted by Crippen LogP contribution is -2.32. The highest BCUT2D eigenvalue weighted by Crippen LogP contribution is 2.08. The maximum atomic E-state index is 12.2. The first-order valence-electron chi connectivity index (χ1n) is 6.57. The zero-order valence-electron chi connectivity index (χ0n) is 11.1. The second-order valence-electron chi connectivity index (χ2n) is 4.65. The van der Waals surface area contributed by atoms with Gasteiger partial charge < -0.3 is 5.73 Å². The number of nitrogens with zero attached hydrogens (tertiary/aromatic N) is 2. The van der Waals surface area contributed by atoms with Crippen molar-refractivity contribution in [3.8, 4) is 0 Å². The number of hydrogen-bond acceptors (Lipinski definition) is 3. The third kappa shape index (κ3) is 3.51. The number of Topliss-reactive ketones (excluding diaryl/α,β-unsaturated/α-hetero) is 1. The van der Waals surface area contributed by atoms with Crippen LogP contribution in [0.25, 0.3) is 0 Å². The first-order valence-corrected chi connectivity index (χ1v) is 6.57. The SMILES string of the molecule is CCCn1cc(C(=O)C(N)Cc2ccccc2)cn1. The molecule has 2 N–H and O–H groups in total. The van der Waals surface area contributed by atoms with Crippen LogP contribution in [-0.4, -0.2) is 21.6 Å². The lowest BCUT2D eigenvalue weighted by molar-refractivity contribution is 0.0961. The Morgan fingerprint density at radius 1 is 1.37 bits per heavy atom. The summed E-state index contributed by atoms with van der Waals surface area (Å²) in [7, 11) is 0. The summed E-state index contributed by atoms with van der Waals surface area (Å²) in [6, 6.07) is 9.30. The van der Waals surface area contributed by atoms with Crippen molar-refractivity contribution in [2.45, 2.75) is 32.4 Å². The number of aromatic nitrogens is 2. The Morgan fingerprint density at radius 2 is 2.11 bits per heavy atom. The maximum absolute atomic E-state index is 12.2. The molecule has 0 aliphatic heterocycles. The molecule has 0 radical (unpaired) electrons. The summed E-state index contributed by atoms with van der Waals surface area (Å²) in [6.07, 6.45) is 4.92. The molecule has 0 spiro atoms. The Hall–Kier alpha value is -1.94. The highest BCUT2D eigenvalue weighted by atomic mass is 16.1. The zero-order chi connectivity index (χ0) is 13.7. The molecule has 1 atom stereocenters. The van der Waals surface area contributed by atoms with E-state index >= 15 is 0 Å². The average Bonchev–Trinajstić information content (AvgIpc) is 2.88. The molecule has 0 saturated carbocycles. The third-order valence-corrected chi connectivity index (χ3v) is 3.01. The van der Waals surface area contributed by atoms with E-state index in [0.717, 1.165) is 18.5 Å². The molecule has 0 amide bonds. The average molecular weight is 257 g/mol. The molecule has 100 valence electrons. The van der Waals surface area contributed by atoms with Crippen molar-refractivity contribution in [3.05, 3.63) is 53.9 Å². The van der Waals surface area contributed by atoms with E-state index < -0.39 is 6.04 Å². The molecule has 0 aliphatic rings. The van der Waals surface area contributed by atoms with Gasteiger partial charge in [-0.25, -0.2) is 0 Å². The molecule has 1 unspecified atom stereocenters. The van der Waals surface area contributed by atoms with E-state index in [-0.39, 0.29) is 5.78 Å². The van der Waals surface area contributed by atoms with Gasteiger partial charge >= 0.3 is 0 Å². The third-order valence-electron chi connectivity index (χ3n) is 3.01. The van der Waals surface area contributed by atoms with Gasteiger partial charge in [-0.05, 0) is 18.4 Å². The molecule has 2 aromatic rings. The summed E-state index contributed by atoms with van der Waals surface area (Å²) in [6.45, 7) is 2.89. The van der Waals surface area contributed by atoms with Gasteiger partial charge in [0.25, 0.3) is 0 Å². The number of nitrogens with two attached hydrogens (primary N) is 1. The zero-order valence-corrected chi connectivity index (χ0v) is 11.1. The molecule has 4 heteroatoms. The van der Waals surface area contributed by atoms with Crippen LogP contribution in [0.1, 0.15) is 29.3 Å². The second-order valence-corrected chi connectivity index (χ2v) is 4.65. The van der Waals surface area contributed by atoms with Gasteiger partial charge in [0.2, 0.25) is 0 Å². The van der Waals surface area contributed by atoms with Gasteiger partial charge in [-0.3, -0.25) is 9.48 Å². The van der Waals surface area contributed by atoms with Gasteiger partial charge in [0.15, 0.2) is 5.78 Å². The molecule has 1 heterocycles. The molecule has 19 heavy (non-hydrogen) atoms. The van der Waals surface area contributed by atoms with Gasteiger partial charge in [0.05, 0.1) is 17.8 Å². The van der Waals surface area contributed by atoms with Crippen molar-refractivity contribution in [2.75, 3.05) is 0 Å². The second kappa shape index (κ2) is 6.29. The van der Waals surface area contributed by atoms with Crippen molar-refractivity contribution in [1.29, 1.82) is 0 Å². The number of rotatable bonds is 6. The molecule has 1 aromatic heterocycles.